The summed E-state index contributed by atoms with van der Waals surface area (Å²) in [5, 5.41) is 12.0. The first kappa shape index (κ1) is 19.9. The summed E-state index contributed by atoms with van der Waals surface area (Å²) in [5.41, 5.74) is 2.47. The zero-order valence-corrected chi connectivity index (χ0v) is 17.4. The van der Waals surface area contributed by atoms with Crippen LogP contribution in [0.3, 0.4) is 0 Å². The molecule has 0 aliphatic heterocycles. The molecule has 9 heteroatoms. The molecule has 140 valence electrons. The monoisotopic (exact) mass is 468 g/mol. The van der Waals surface area contributed by atoms with Gasteiger partial charge >= 0.3 is 0 Å². The quantitative estimate of drug-likeness (QED) is 0.539. The molecule has 0 aliphatic rings. The van der Waals surface area contributed by atoms with E-state index in [2.05, 4.69) is 31.4 Å². The van der Waals surface area contributed by atoms with Crippen LogP contribution in [0.15, 0.2) is 52.4 Å². The molecule has 5 nitrogen and oxygen atoms in total. The van der Waals surface area contributed by atoms with E-state index in [1.54, 1.807) is 17.0 Å². The summed E-state index contributed by atoms with van der Waals surface area (Å²) in [6, 6.07) is 10.0. The highest BCUT2D eigenvalue weighted by molar-refractivity contribution is 9.10. The average molecular weight is 470 g/mol. The Bertz CT molecular complexity index is 982. The first-order valence-electron chi connectivity index (χ1n) is 7.94. The van der Waals surface area contributed by atoms with Crippen LogP contribution in [0, 0.1) is 12.7 Å². The third kappa shape index (κ3) is 5.09. The third-order valence-electron chi connectivity index (χ3n) is 3.77. The number of amides is 1. The molecule has 1 heterocycles. The molecule has 0 radical (unpaired) electrons. The number of rotatable bonds is 6. The fraction of sp³-hybridized carbons (Fsp3) is 0.167. The first-order chi connectivity index (χ1) is 12.9. The van der Waals surface area contributed by atoms with Crippen molar-refractivity contribution in [2.45, 2.75) is 18.6 Å². The Labute approximate surface area is 173 Å². The van der Waals surface area contributed by atoms with Gasteiger partial charge in [-0.25, -0.2) is 4.39 Å². The lowest BCUT2D eigenvalue weighted by Gasteiger charge is -2.09. The Hall–Kier alpha value is -1.90. The van der Waals surface area contributed by atoms with E-state index in [9.17, 15) is 9.18 Å². The van der Waals surface area contributed by atoms with Crippen LogP contribution in [0.2, 0.25) is 5.02 Å². The van der Waals surface area contributed by atoms with E-state index in [4.69, 9.17) is 11.6 Å². The number of nitrogens with one attached hydrogen (secondary N) is 1. The van der Waals surface area contributed by atoms with Gasteiger partial charge in [0, 0.05) is 16.0 Å². The molecule has 1 aromatic heterocycles. The van der Waals surface area contributed by atoms with Crippen LogP contribution in [0.25, 0.3) is 5.69 Å². The van der Waals surface area contributed by atoms with Crippen molar-refractivity contribution in [2.24, 2.45) is 0 Å². The van der Waals surface area contributed by atoms with Crippen molar-refractivity contribution in [3.8, 4) is 5.69 Å². The lowest BCUT2D eigenvalue weighted by molar-refractivity contribution is -0.118. The summed E-state index contributed by atoms with van der Waals surface area (Å²) in [6.45, 7) is 2.16. The highest BCUT2D eigenvalue weighted by atomic mass is 79.9. The highest BCUT2D eigenvalue weighted by Gasteiger charge is 2.11. The molecule has 0 unspecified atom stereocenters. The van der Waals surface area contributed by atoms with Crippen molar-refractivity contribution < 1.29 is 9.18 Å². The third-order valence-corrected chi connectivity index (χ3v) is 5.89. The van der Waals surface area contributed by atoms with Gasteiger partial charge in [-0.05, 0) is 48.4 Å². The van der Waals surface area contributed by atoms with Crippen molar-refractivity contribution in [2.75, 3.05) is 5.75 Å². The van der Waals surface area contributed by atoms with Gasteiger partial charge in [-0.1, -0.05) is 45.4 Å². The van der Waals surface area contributed by atoms with Crippen molar-refractivity contribution in [1.29, 1.82) is 0 Å². The number of carbonyl (C=O) groups is 1. The molecule has 3 rings (SSSR count). The van der Waals surface area contributed by atoms with Gasteiger partial charge in [0.1, 0.15) is 12.1 Å². The Morgan fingerprint density at radius 3 is 2.93 bits per heavy atom. The largest absolute Gasteiger partial charge is 0.351 e. The number of benzene rings is 2. The van der Waals surface area contributed by atoms with Gasteiger partial charge in [0.05, 0.1) is 11.4 Å². The van der Waals surface area contributed by atoms with Crippen LogP contribution >= 0.6 is 39.3 Å². The highest BCUT2D eigenvalue weighted by Crippen LogP contribution is 2.24. The molecular formula is C18H15BrClFN4OS. The normalized spacial score (nSPS) is 10.8. The topological polar surface area (TPSA) is 59.8 Å². The fourth-order valence-corrected chi connectivity index (χ4v) is 3.61. The van der Waals surface area contributed by atoms with E-state index in [0.717, 1.165) is 15.7 Å². The summed E-state index contributed by atoms with van der Waals surface area (Å²) in [4.78, 5) is 12.1. The second-order valence-electron chi connectivity index (χ2n) is 5.72. The minimum atomic E-state index is -0.346. The van der Waals surface area contributed by atoms with Gasteiger partial charge in [-0.3, -0.25) is 9.36 Å². The van der Waals surface area contributed by atoms with Gasteiger partial charge in [0.25, 0.3) is 0 Å². The zero-order valence-electron chi connectivity index (χ0n) is 14.2. The van der Waals surface area contributed by atoms with E-state index in [1.807, 2.05) is 25.1 Å². The van der Waals surface area contributed by atoms with Gasteiger partial charge < -0.3 is 5.32 Å². The molecular weight excluding hydrogens is 455 g/mol. The van der Waals surface area contributed by atoms with E-state index < -0.39 is 0 Å². The summed E-state index contributed by atoms with van der Waals surface area (Å²) < 4.78 is 15.8. The van der Waals surface area contributed by atoms with Crippen LogP contribution in [0.5, 0.6) is 0 Å². The van der Waals surface area contributed by atoms with Crippen LogP contribution in [-0.4, -0.2) is 26.4 Å². The molecule has 1 N–H and O–H groups in total. The van der Waals surface area contributed by atoms with Crippen molar-refractivity contribution in [1.82, 2.24) is 20.1 Å². The summed E-state index contributed by atoms with van der Waals surface area (Å²) >= 11 is 10.8. The number of carbonyl (C=O) groups excluding carboxylic acids is 1. The van der Waals surface area contributed by atoms with E-state index in [-0.39, 0.29) is 24.0 Å². The molecule has 2 aromatic carbocycles. The molecule has 0 aliphatic carbocycles. The Kier molecular flexibility index (Phi) is 6.51. The number of halogens is 3. The second kappa shape index (κ2) is 8.86. The molecule has 0 fully saturated rings. The zero-order chi connectivity index (χ0) is 19.4. The van der Waals surface area contributed by atoms with E-state index in [1.165, 1.54) is 23.9 Å². The summed E-state index contributed by atoms with van der Waals surface area (Å²) in [5.74, 6) is -0.375. The van der Waals surface area contributed by atoms with Crippen LogP contribution in [-0.2, 0) is 11.3 Å². The SMILES string of the molecule is Cc1ccc(-n2cnnc2SCC(=O)NCc2cc(F)ccc2Br)cc1Cl. The molecule has 3 aromatic rings. The van der Waals surface area contributed by atoms with Crippen molar-refractivity contribution in [3.63, 3.8) is 0 Å². The van der Waals surface area contributed by atoms with Gasteiger partial charge in [0.2, 0.25) is 5.91 Å². The predicted molar refractivity (Wildman–Crippen MR) is 108 cm³/mol. The Morgan fingerprint density at radius 2 is 2.15 bits per heavy atom. The minimum absolute atomic E-state index is 0.158. The van der Waals surface area contributed by atoms with Crippen LogP contribution in [0.1, 0.15) is 11.1 Å². The van der Waals surface area contributed by atoms with E-state index >= 15 is 0 Å². The van der Waals surface area contributed by atoms with Gasteiger partial charge in [-0.2, -0.15) is 0 Å². The maximum atomic E-state index is 13.3. The van der Waals surface area contributed by atoms with Crippen molar-refractivity contribution >= 4 is 45.2 Å². The van der Waals surface area contributed by atoms with Gasteiger partial charge in [0.15, 0.2) is 5.16 Å². The minimum Gasteiger partial charge on any atom is -0.351 e. The standard InChI is InChI=1S/C18H15BrClFN4OS/c1-11-2-4-14(7-16(11)20)25-10-23-24-18(25)27-9-17(26)22-8-12-6-13(21)3-5-15(12)19/h2-7,10H,8-9H2,1H3,(H,22,26). The van der Waals surface area contributed by atoms with Crippen molar-refractivity contribution in [3.05, 3.63) is 69.2 Å². The Balaban J connectivity index is 1.60. The average Bonchev–Trinajstić information content (AvgIpc) is 3.11. The first-order valence-corrected chi connectivity index (χ1v) is 10.1. The Morgan fingerprint density at radius 1 is 1.33 bits per heavy atom. The molecule has 27 heavy (non-hydrogen) atoms. The van der Waals surface area contributed by atoms with E-state index in [0.29, 0.717) is 15.7 Å². The number of aryl methyl sites for hydroxylation is 1. The molecule has 0 atom stereocenters. The number of aromatic nitrogens is 3. The number of thioether (sulfide) groups is 1. The maximum Gasteiger partial charge on any atom is 0.230 e. The summed E-state index contributed by atoms with van der Waals surface area (Å²) in [6.07, 6.45) is 1.57. The number of nitrogens with zero attached hydrogens (tertiary/aromatic N) is 3. The molecule has 1 amide bonds. The maximum absolute atomic E-state index is 13.3. The molecule has 0 saturated carbocycles. The van der Waals surface area contributed by atoms with Crippen LogP contribution in [0.4, 0.5) is 4.39 Å². The lowest BCUT2D eigenvalue weighted by Crippen LogP contribution is -2.25. The lowest BCUT2D eigenvalue weighted by atomic mass is 10.2. The summed E-state index contributed by atoms with van der Waals surface area (Å²) in [7, 11) is 0. The second-order valence-corrected chi connectivity index (χ2v) is 7.92. The number of hydrogen-bond acceptors (Lipinski definition) is 4. The van der Waals surface area contributed by atoms with Crippen LogP contribution < -0.4 is 5.32 Å². The predicted octanol–water partition coefficient (Wildman–Crippen LogP) is 4.54. The van der Waals surface area contributed by atoms with Gasteiger partial charge in [-0.15, -0.1) is 10.2 Å². The smallest absolute Gasteiger partial charge is 0.230 e. The molecule has 0 saturated heterocycles. The number of hydrogen-bond donors (Lipinski definition) is 1. The molecule has 0 bridgehead atoms. The molecule has 0 spiro atoms. The fourth-order valence-electron chi connectivity index (χ4n) is 2.29.